The van der Waals surface area contributed by atoms with Gasteiger partial charge in [0, 0.05) is 42.7 Å². The van der Waals surface area contributed by atoms with Crippen molar-refractivity contribution in [2.75, 3.05) is 0 Å². The molecule has 0 saturated heterocycles. The van der Waals surface area contributed by atoms with Crippen LogP contribution in [0.2, 0.25) is 0 Å². The number of fused-ring (bicyclic) bond motifs is 4. The SMILES string of the molecule is c1cnc2c(c1)ccc1ccc(-c3ccc4cc(-c5ccc6sc7cccc8ccc5c6c87)ccc4c3)nc12. The Labute approximate surface area is 228 Å². The molecule has 0 fully saturated rings. The molecule has 0 radical (unpaired) electrons. The number of rotatable bonds is 2. The Morgan fingerprint density at radius 2 is 1.21 bits per heavy atom. The summed E-state index contributed by atoms with van der Waals surface area (Å²) in [6.45, 7) is 0. The number of nitrogens with zero attached hydrogens (tertiary/aromatic N) is 2. The first kappa shape index (κ1) is 21.1. The van der Waals surface area contributed by atoms with Crippen molar-refractivity contribution in [3.63, 3.8) is 0 Å². The van der Waals surface area contributed by atoms with Gasteiger partial charge in [-0.05, 0) is 69.1 Å². The molecule has 2 nitrogen and oxygen atoms in total. The minimum absolute atomic E-state index is 0.947. The molecule has 9 aromatic rings. The van der Waals surface area contributed by atoms with Crippen LogP contribution in [0, 0.1) is 0 Å². The summed E-state index contributed by atoms with van der Waals surface area (Å²) in [7, 11) is 0. The van der Waals surface area contributed by atoms with E-state index in [0.29, 0.717) is 0 Å². The van der Waals surface area contributed by atoms with Gasteiger partial charge in [0.2, 0.25) is 0 Å². The molecule has 3 heterocycles. The Kier molecular flexibility index (Phi) is 4.24. The van der Waals surface area contributed by atoms with Gasteiger partial charge in [0.1, 0.15) is 0 Å². The maximum Gasteiger partial charge on any atom is 0.0972 e. The summed E-state index contributed by atoms with van der Waals surface area (Å²) in [5.74, 6) is 0. The largest absolute Gasteiger partial charge is 0.254 e. The van der Waals surface area contributed by atoms with Crippen LogP contribution in [0.1, 0.15) is 0 Å². The van der Waals surface area contributed by atoms with Crippen molar-refractivity contribution < 1.29 is 0 Å². The first-order valence-electron chi connectivity index (χ1n) is 13.2. The van der Waals surface area contributed by atoms with Gasteiger partial charge in [0.25, 0.3) is 0 Å². The molecule has 3 aromatic heterocycles. The van der Waals surface area contributed by atoms with Crippen LogP contribution in [0.3, 0.4) is 0 Å². The van der Waals surface area contributed by atoms with Crippen molar-refractivity contribution in [2.45, 2.75) is 0 Å². The standard InChI is InChI=1S/C36H20N2S/c1-3-21-12-14-29-28(15-17-32-34(29)33(21)31(5-1)39-32)26-10-8-25-20-27(11-9-24(25)19-26)30-16-13-23-7-6-22-4-2-18-37-35(22)36(23)38-30/h1-20H. The molecule has 0 atom stereocenters. The summed E-state index contributed by atoms with van der Waals surface area (Å²) in [6, 6.07) is 41.8. The maximum atomic E-state index is 5.05. The average Bonchev–Trinajstić information content (AvgIpc) is 3.39. The Morgan fingerprint density at radius 3 is 2.13 bits per heavy atom. The van der Waals surface area contributed by atoms with E-state index in [9.17, 15) is 0 Å². The Morgan fingerprint density at radius 1 is 0.487 bits per heavy atom. The molecule has 0 aliphatic heterocycles. The smallest absolute Gasteiger partial charge is 0.0972 e. The van der Waals surface area contributed by atoms with E-state index < -0.39 is 0 Å². The van der Waals surface area contributed by atoms with Crippen LogP contribution < -0.4 is 0 Å². The van der Waals surface area contributed by atoms with E-state index >= 15 is 0 Å². The van der Waals surface area contributed by atoms with Crippen LogP contribution in [0.5, 0.6) is 0 Å². The summed E-state index contributed by atoms with van der Waals surface area (Å²) < 4.78 is 2.72. The highest BCUT2D eigenvalue weighted by Crippen LogP contribution is 2.44. The molecule has 0 spiro atoms. The quantitative estimate of drug-likeness (QED) is 0.215. The molecule has 9 rings (SSSR count). The van der Waals surface area contributed by atoms with Gasteiger partial charge in [-0.2, -0.15) is 0 Å². The average molecular weight is 513 g/mol. The lowest BCUT2D eigenvalue weighted by atomic mass is 9.93. The fourth-order valence-corrected chi connectivity index (χ4v) is 7.31. The summed E-state index contributed by atoms with van der Waals surface area (Å²) >= 11 is 1.89. The van der Waals surface area contributed by atoms with Crippen LogP contribution >= 0.6 is 11.3 Å². The van der Waals surface area contributed by atoms with E-state index in [-0.39, 0.29) is 0 Å². The van der Waals surface area contributed by atoms with E-state index in [4.69, 9.17) is 4.98 Å². The summed E-state index contributed by atoms with van der Waals surface area (Å²) in [5.41, 5.74) is 6.50. The lowest BCUT2D eigenvalue weighted by molar-refractivity contribution is 1.37. The predicted molar refractivity (Wildman–Crippen MR) is 167 cm³/mol. The molecule has 0 aliphatic carbocycles. The highest BCUT2D eigenvalue weighted by molar-refractivity contribution is 7.26. The fraction of sp³-hybridized carbons (Fsp3) is 0. The molecule has 180 valence electrons. The zero-order valence-corrected chi connectivity index (χ0v) is 21.7. The van der Waals surface area contributed by atoms with Crippen LogP contribution in [0.15, 0.2) is 121 Å². The third-order valence-corrected chi connectivity index (χ3v) is 9.16. The summed E-state index contributed by atoms with van der Waals surface area (Å²) in [5, 5.41) is 10.1. The molecule has 0 N–H and O–H groups in total. The number of pyridine rings is 2. The Balaban J connectivity index is 1.17. The van der Waals surface area contributed by atoms with E-state index in [0.717, 1.165) is 33.1 Å². The van der Waals surface area contributed by atoms with Crippen molar-refractivity contribution >= 4 is 74.9 Å². The number of hydrogen-bond donors (Lipinski definition) is 0. The van der Waals surface area contributed by atoms with Gasteiger partial charge in [-0.15, -0.1) is 11.3 Å². The monoisotopic (exact) mass is 512 g/mol. The van der Waals surface area contributed by atoms with Gasteiger partial charge in [0.15, 0.2) is 0 Å². The molecule has 39 heavy (non-hydrogen) atoms. The van der Waals surface area contributed by atoms with E-state index in [1.807, 2.05) is 23.6 Å². The normalized spacial score (nSPS) is 12.1. The van der Waals surface area contributed by atoms with Crippen molar-refractivity contribution in [3.8, 4) is 22.4 Å². The van der Waals surface area contributed by atoms with Crippen LogP contribution in [-0.4, -0.2) is 9.97 Å². The molecule has 0 aliphatic rings. The lowest BCUT2D eigenvalue weighted by Crippen LogP contribution is -1.89. The first-order chi connectivity index (χ1) is 19.3. The molecular formula is C36H20N2S. The highest BCUT2D eigenvalue weighted by Gasteiger charge is 2.15. The van der Waals surface area contributed by atoms with Crippen LogP contribution in [-0.2, 0) is 0 Å². The fourth-order valence-electron chi connectivity index (χ4n) is 6.16. The molecular weight excluding hydrogens is 492 g/mol. The lowest BCUT2D eigenvalue weighted by Gasteiger charge is -2.11. The molecule has 0 saturated carbocycles. The van der Waals surface area contributed by atoms with Crippen molar-refractivity contribution in [3.05, 3.63) is 121 Å². The number of hydrogen-bond acceptors (Lipinski definition) is 3. The van der Waals surface area contributed by atoms with Crippen molar-refractivity contribution in [1.29, 1.82) is 0 Å². The molecule has 0 bridgehead atoms. The van der Waals surface area contributed by atoms with Crippen molar-refractivity contribution in [2.24, 2.45) is 0 Å². The molecule has 6 aromatic carbocycles. The summed E-state index contributed by atoms with van der Waals surface area (Å²) in [6.07, 6.45) is 1.84. The predicted octanol–water partition coefficient (Wildman–Crippen LogP) is 10.2. The van der Waals surface area contributed by atoms with E-state index in [1.54, 1.807) is 0 Å². The van der Waals surface area contributed by atoms with Crippen LogP contribution in [0.4, 0.5) is 0 Å². The highest BCUT2D eigenvalue weighted by atomic mass is 32.1. The number of benzene rings is 6. The van der Waals surface area contributed by atoms with E-state index in [2.05, 4.69) is 114 Å². The van der Waals surface area contributed by atoms with Gasteiger partial charge in [0.05, 0.1) is 16.7 Å². The second-order valence-corrected chi connectivity index (χ2v) is 11.3. The topological polar surface area (TPSA) is 25.8 Å². The Hall–Kier alpha value is -4.86. The zero-order chi connectivity index (χ0) is 25.5. The third kappa shape index (κ3) is 3.08. The van der Waals surface area contributed by atoms with E-state index in [1.165, 1.54) is 52.8 Å². The zero-order valence-electron chi connectivity index (χ0n) is 20.8. The second kappa shape index (κ2) is 7.83. The molecule has 0 amide bonds. The van der Waals surface area contributed by atoms with Gasteiger partial charge < -0.3 is 0 Å². The number of aromatic nitrogens is 2. The van der Waals surface area contributed by atoms with Gasteiger partial charge in [-0.25, -0.2) is 4.98 Å². The van der Waals surface area contributed by atoms with Crippen LogP contribution in [0.25, 0.3) is 85.9 Å². The molecule has 3 heteroatoms. The molecule has 0 unspecified atom stereocenters. The maximum absolute atomic E-state index is 5.05. The first-order valence-corrected chi connectivity index (χ1v) is 14.0. The Bertz CT molecular complexity index is 2400. The van der Waals surface area contributed by atoms with Gasteiger partial charge >= 0.3 is 0 Å². The minimum Gasteiger partial charge on any atom is -0.254 e. The third-order valence-electron chi connectivity index (χ3n) is 8.04. The second-order valence-electron chi connectivity index (χ2n) is 10.2. The number of thiophene rings is 1. The van der Waals surface area contributed by atoms with Gasteiger partial charge in [-0.1, -0.05) is 78.9 Å². The summed E-state index contributed by atoms with van der Waals surface area (Å²) in [4.78, 5) is 9.67. The van der Waals surface area contributed by atoms with Crippen molar-refractivity contribution in [1.82, 2.24) is 9.97 Å². The minimum atomic E-state index is 0.947. The van der Waals surface area contributed by atoms with Gasteiger partial charge in [-0.3, -0.25) is 4.98 Å².